The van der Waals surface area contributed by atoms with Crippen LogP contribution < -0.4 is 15.0 Å². The fraction of sp³-hybridized carbons (Fsp3) is 0.500. The van der Waals surface area contributed by atoms with Gasteiger partial charge in [0.1, 0.15) is 6.33 Å². The van der Waals surface area contributed by atoms with Gasteiger partial charge in [-0.2, -0.15) is 5.10 Å². The molecule has 1 fully saturated rings. The summed E-state index contributed by atoms with van der Waals surface area (Å²) in [6.07, 6.45) is 8.86. The van der Waals surface area contributed by atoms with Crippen LogP contribution in [0.25, 0.3) is 16.8 Å². The fourth-order valence-electron chi connectivity index (χ4n) is 5.14. The Kier molecular flexibility index (Phi) is 7.07. The van der Waals surface area contributed by atoms with Crippen molar-refractivity contribution in [2.45, 2.75) is 64.6 Å². The number of benzene rings is 1. The maximum absolute atomic E-state index is 11.5. The molecule has 1 amide bonds. The molecule has 0 saturated heterocycles. The number of hydrogen-bond donors (Lipinski definition) is 1. The van der Waals surface area contributed by atoms with Crippen LogP contribution in [0.5, 0.6) is 5.75 Å². The van der Waals surface area contributed by atoms with Gasteiger partial charge in [-0.05, 0) is 82.8 Å². The quantitative estimate of drug-likeness (QED) is 0.499. The summed E-state index contributed by atoms with van der Waals surface area (Å²) in [6, 6.07) is 7.83. The number of aryl methyl sites for hydroxylation is 1. The van der Waals surface area contributed by atoms with Gasteiger partial charge in [0.05, 0.1) is 18.5 Å². The second-order valence-corrected chi connectivity index (χ2v) is 9.60. The number of ether oxygens (including phenoxy) is 1. The van der Waals surface area contributed by atoms with Gasteiger partial charge >= 0.3 is 0 Å². The lowest BCUT2D eigenvalue weighted by molar-refractivity contribution is -0.105. The molecule has 2 aromatic heterocycles. The molecular weight excluding hydrogens is 428 g/mol. The van der Waals surface area contributed by atoms with Crippen molar-refractivity contribution in [2.24, 2.45) is 0 Å². The molecule has 1 saturated carbocycles. The molecular formula is C26H36N6O2. The highest BCUT2D eigenvalue weighted by molar-refractivity contribution is 5.87. The molecule has 8 nitrogen and oxygen atoms in total. The Hall–Kier alpha value is -3.13. The minimum atomic E-state index is 0.445. The van der Waals surface area contributed by atoms with E-state index in [0.717, 1.165) is 47.3 Å². The summed E-state index contributed by atoms with van der Waals surface area (Å²) in [5, 5.41) is 7.22. The summed E-state index contributed by atoms with van der Waals surface area (Å²) in [7, 11) is 6.01. The van der Waals surface area contributed by atoms with Gasteiger partial charge < -0.3 is 19.9 Å². The van der Waals surface area contributed by atoms with Crippen molar-refractivity contribution in [3.8, 4) is 16.9 Å². The van der Waals surface area contributed by atoms with E-state index < -0.39 is 0 Å². The molecule has 0 spiro atoms. The van der Waals surface area contributed by atoms with Crippen LogP contribution >= 0.6 is 0 Å². The highest BCUT2D eigenvalue weighted by atomic mass is 16.5. The largest absolute Gasteiger partial charge is 0.493 e. The normalized spacial score (nSPS) is 18.5. The van der Waals surface area contributed by atoms with Crippen LogP contribution in [-0.2, 0) is 4.79 Å². The number of fused-ring (bicyclic) bond motifs is 1. The van der Waals surface area contributed by atoms with Crippen LogP contribution in [0.1, 0.15) is 45.1 Å². The summed E-state index contributed by atoms with van der Waals surface area (Å²) in [6.45, 7) is 6.62. The predicted molar refractivity (Wildman–Crippen MR) is 137 cm³/mol. The first-order valence-corrected chi connectivity index (χ1v) is 12.0. The van der Waals surface area contributed by atoms with Crippen LogP contribution in [0, 0.1) is 6.92 Å². The van der Waals surface area contributed by atoms with E-state index in [1.807, 2.05) is 18.3 Å². The molecule has 8 heteroatoms. The van der Waals surface area contributed by atoms with Gasteiger partial charge in [0.25, 0.3) is 0 Å². The number of carbonyl (C=O) groups excluding carboxylic acids is 1. The van der Waals surface area contributed by atoms with E-state index in [9.17, 15) is 4.79 Å². The Morgan fingerprint density at radius 2 is 1.85 bits per heavy atom. The van der Waals surface area contributed by atoms with Crippen molar-refractivity contribution in [1.29, 1.82) is 0 Å². The molecule has 34 heavy (non-hydrogen) atoms. The van der Waals surface area contributed by atoms with E-state index in [2.05, 4.69) is 66.1 Å². The molecule has 0 aliphatic heterocycles. The van der Waals surface area contributed by atoms with E-state index >= 15 is 0 Å². The maximum atomic E-state index is 11.5. The number of carbonyl (C=O) groups is 1. The zero-order valence-corrected chi connectivity index (χ0v) is 21.1. The van der Waals surface area contributed by atoms with Gasteiger partial charge in [-0.15, -0.1) is 0 Å². The van der Waals surface area contributed by atoms with Crippen LogP contribution in [-0.4, -0.2) is 65.2 Å². The number of rotatable bonds is 8. The van der Waals surface area contributed by atoms with Crippen molar-refractivity contribution in [1.82, 2.24) is 19.5 Å². The molecule has 182 valence electrons. The lowest BCUT2D eigenvalue weighted by Gasteiger charge is -2.41. The molecule has 1 aliphatic rings. The lowest BCUT2D eigenvalue weighted by Crippen LogP contribution is -2.44. The monoisotopic (exact) mass is 464 g/mol. The van der Waals surface area contributed by atoms with E-state index in [0.29, 0.717) is 29.5 Å². The van der Waals surface area contributed by atoms with Gasteiger partial charge in [-0.25, -0.2) is 9.50 Å². The Morgan fingerprint density at radius 3 is 2.50 bits per heavy atom. The Morgan fingerprint density at radius 1 is 1.15 bits per heavy atom. The van der Waals surface area contributed by atoms with Crippen LogP contribution in [0.3, 0.4) is 0 Å². The van der Waals surface area contributed by atoms with Gasteiger partial charge in [-0.1, -0.05) is 0 Å². The third-order valence-electron chi connectivity index (χ3n) is 7.41. The molecule has 3 aromatic rings. The third kappa shape index (κ3) is 4.59. The smallest absolute Gasteiger partial charge is 0.211 e. The number of aromatic nitrogens is 3. The van der Waals surface area contributed by atoms with Crippen molar-refractivity contribution in [2.75, 3.05) is 31.4 Å². The minimum Gasteiger partial charge on any atom is -0.493 e. The molecule has 4 rings (SSSR count). The molecule has 2 heterocycles. The Labute approximate surface area is 201 Å². The first-order valence-electron chi connectivity index (χ1n) is 12.0. The molecule has 1 aliphatic carbocycles. The molecule has 0 radical (unpaired) electrons. The van der Waals surface area contributed by atoms with E-state index in [1.165, 1.54) is 19.2 Å². The van der Waals surface area contributed by atoms with Gasteiger partial charge in [0.2, 0.25) is 6.41 Å². The molecule has 1 aromatic carbocycles. The SMILES string of the molecule is COc1cc(-c2cc(NC=O)c(N(C)C3CCC(N(C)C(C)C)CC3)cc2C)cn2ncnc12. The number of amides is 1. The molecule has 1 N–H and O–H groups in total. The zero-order valence-electron chi connectivity index (χ0n) is 21.1. The van der Waals surface area contributed by atoms with E-state index in [-0.39, 0.29) is 0 Å². The van der Waals surface area contributed by atoms with E-state index in [4.69, 9.17) is 4.74 Å². The standard InChI is InChI=1S/C26H36N6O2/c1-17(2)30(4)20-7-9-21(10-8-20)31(5)24-11-18(3)22(13-23(24)28-16-33)19-12-25(34-6)26-27-15-29-32(26)14-19/h11-17,20-21H,7-10H2,1-6H3,(H,28,33). The molecule has 0 bridgehead atoms. The summed E-state index contributed by atoms with van der Waals surface area (Å²) in [5.74, 6) is 0.656. The number of hydrogen-bond acceptors (Lipinski definition) is 6. The third-order valence-corrected chi connectivity index (χ3v) is 7.41. The second kappa shape index (κ2) is 10.0. The number of methoxy groups -OCH3 is 1. The van der Waals surface area contributed by atoms with Crippen molar-refractivity contribution in [3.63, 3.8) is 0 Å². The average Bonchev–Trinajstić information content (AvgIpc) is 3.32. The lowest BCUT2D eigenvalue weighted by atomic mass is 9.88. The van der Waals surface area contributed by atoms with Crippen molar-refractivity contribution in [3.05, 3.63) is 36.3 Å². The number of pyridine rings is 1. The van der Waals surface area contributed by atoms with E-state index in [1.54, 1.807) is 11.6 Å². The Bertz CT molecular complexity index is 1150. The highest BCUT2D eigenvalue weighted by Gasteiger charge is 2.28. The first kappa shape index (κ1) is 24.0. The predicted octanol–water partition coefficient (Wildman–Crippen LogP) is 4.37. The Balaban J connectivity index is 1.64. The summed E-state index contributed by atoms with van der Waals surface area (Å²) in [5.41, 5.74) is 5.60. The first-order chi connectivity index (χ1) is 16.3. The summed E-state index contributed by atoms with van der Waals surface area (Å²) >= 11 is 0. The van der Waals surface area contributed by atoms with Crippen molar-refractivity contribution >= 4 is 23.4 Å². The van der Waals surface area contributed by atoms with Gasteiger partial charge in [0, 0.05) is 36.9 Å². The molecule has 0 unspecified atom stereocenters. The zero-order chi connectivity index (χ0) is 24.4. The fourth-order valence-corrected chi connectivity index (χ4v) is 5.14. The molecule has 0 atom stereocenters. The minimum absolute atomic E-state index is 0.445. The number of anilines is 2. The maximum Gasteiger partial charge on any atom is 0.211 e. The van der Waals surface area contributed by atoms with Crippen molar-refractivity contribution < 1.29 is 9.53 Å². The summed E-state index contributed by atoms with van der Waals surface area (Å²) in [4.78, 5) is 20.6. The number of nitrogens with zero attached hydrogens (tertiary/aromatic N) is 5. The second-order valence-electron chi connectivity index (χ2n) is 9.60. The topological polar surface area (TPSA) is 75.0 Å². The van der Waals surface area contributed by atoms with Gasteiger partial charge in [0.15, 0.2) is 11.4 Å². The average molecular weight is 465 g/mol. The number of nitrogens with one attached hydrogen (secondary N) is 1. The van der Waals surface area contributed by atoms with Crippen LogP contribution in [0.4, 0.5) is 11.4 Å². The highest BCUT2D eigenvalue weighted by Crippen LogP contribution is 2.38. The van der Waals surface area contributed by atoms with Gasteiger partial charge in [-0.3, -0.25) is 4.79 Å². The van der Waals surface area contributed by atoms with Crippen LogP contribution in [0.15, 0.2) is 30.7 Å². The van der Waals surface area contributed by atoms with Crippen LogP contribution in [0.2, 0.25) is 0 Å². The summed E-state index contributed by atoms with van der Waals surface area (Å²) < 4.78 is 7.26.